The van der Waals surface area contributed by atoms with E-state index >= 15 is 0 Å². The molecule has 216 valence electrons. The lowest BCUT2D eigenvalue weighted by molar-refractivity contribution is 0.0529. The zero-order valence-electron chi connectivity index (χ0n) is 24.3. The Balaban J connectivity index is 1.23. The minimum atomic E-state index is -0.0998. The number of carbonyl (C=O) groups is 1. The van der Waals surface area contributed by atoms with Crippen molar-refractivity contribution in [2.45, 2.75) is 37.3 Å². The van der Waals surface area contributed by atoms with E-state index < -0.39 is 0 Å². The fourth-order valence-electron chi connectivity index (χ4n) is 5.17. The predicted octanol–water partition coefficient (Wildman–Crippen LogP) is 4.72. The van der Waals surface area contributed by atoms with Crippen LogP contribution < -0.4 is 10.2 Å². The van der Waals surface area contributed by atoms with Gasteiger partial charge in [-0.15, -0.1) is 11.8 Å². The van der Waals surface area contributed by atoms with Crippen molar-refractivity contribution < 1.29 is 14.3 Å². The Bertz CT molecular complexity index is 1390. The number of carbonyl (C=O) groups excluding carboxylic acids is 1. The Labute approximate surface area is 247 Å². The number of rotatable bonds is 10. The van der Waals surface area contributed by atoms with Crippen LogP contribution in [0.5, 0.6) is 0 Å². The van der Waals surface area contributed by atoms with Gasteiger partial charge in [-0.05, 0) is 67.8 Å². The number of aromatic nitrogens is 1. The van der Waals surface area contributed by atoms with Crippen molar-refractivity contribution in [1.82, 2.24) is 15.2 Å². The molecule has 3 aliphatic heterocycles. The number of ether oxygens (including phenoxy) is 2. The molecule has 0 aliphatic carbocycles. The van der Waals surface area contributed by atoms with E-state index in [1.165, 1.54) is 5.56 Å². The quantitative estimate of drug-likeness (QED) is 0.325. The first-order chi connectivity index (χ1) is 19.9. The van der Waals surface area contributed by atoms with Gasteiger partial charge < -0.3 is 24.6 Å². The van der Waals surface area contributed by atoms with E-state index in [9.17, 15) is 4.79 Å². The first-order valence-corrected chi connectivity index (χ1v) is 15.2. The predicted molar refractivity (Wildman–Crippen MR) is 167 cm³/mol. The molecule has 9 heteroatoms. The average molecular weight is 574 g/mol. The van der Waals surface area contributed by atoms with Gasteiger partial charge in [0.25, 0.3) is 5.91 Å². The number of morpholine rings is 1. The van der Waals surface area contributed by atoms with Crippen LogP contribution in [0, 0.1) is 6.92 Å². The second-order valence-corrected chi connectivity index (χ2v) is 11.7. The lowest BCUT2D eigenvalue weighted by Gasteiger charge is -2.36. The zero-order valence-corrected chi connectivity index (χ0v) is 25.1. The van der Waals surface area contributed by atoms with Gasteiger partial charge in [0.1, 0.15) is 5.82 Å². The second kappa shape index (κ2) is 13.5. The molecule has 5 rings (SSSR count). The SMILES string of the molecule is COCCCSc1cc(C(=O)NCC2=CC3C(=CC=C(c4cccc(N5CCOC(C)C5)n4)N3C)C=N2)ccc1C. The molecule has 1 fully saturated rings. The van der Waals surface area contributed by atoms with Crippen molar-refractivity contribution >= 4 is 35.4 Å². The Kier molecular flexibility index (Phi) is 9.59. The highest BCUT2D eigenvalue weighted by Gasteiger charge is 2.27. The molecule has 0 spiro atoms. The summed E-state index contributed by atoms with van der Waals surface area (Å²) in [4.78, 5) is 28.3. The van der Waals surface area contributed by atoms with Gasteiger partial charge in [0.15, 0.2) is 0 Å². The minimum Gasteiger partial charge on any atom is -0.385 e. The van der Waals surface area contributed by atoms with Crippen molar-refractivity contribution in [3.63, 3.8) is 0 Å². The molecule has 2 atom stereocenters. The van der Waals surface area contributed by atoms with Crippen molar-refractivity contribution in [1.29, 1.82) is 0 Å². The number of aryl methyl sites for hydroxylation is 1. The number of likely N-dealkylation sites (N-methyl/N-ethyl adjacent to an activating group) is 1. The number of thioether (sulfide) groups is 1. The summed E-state index contributed by atoms with van der Waals surface area (Å²) in [5.41, 5.74) is 5.75. The van der Waals surface area contributed by atoms with Crippen LogP contribution in [0.15, 0.2) is 75.8 Å². The van der Waals surface area contributed by atoms with E-state index in [1.54, 1.807) is 18.9 Å². The van der Waals surface area contributed by atoms with E-state index in [4.69, 9.17) is 14.5 Å². The first kappa shape index (κ1) is 29.1. The van der Waals surface area contributed by atoms with Gasteiger partial charge in [-0.2, -0.15) is 0 Å². The molecule has 1 amide bonds. The molecule has 3 aliphatic rings. The number of nitrogens with one attached hydrogen (secondary N) is 1. The smallest absolute Gasteiger partial charge is 0.251 e. The number of methoxy groups -OCH3 is 1. The molecule has 41 heavy (non-hydrogen) atoms. The number of fused-ring (bicyclic) bond motifs is 1. The number of amides is 1. The number of nitrogens with zero attached hydrogens (tertiary/aromatic N) is 4. The standard InChI is InChI=1S/C32H39N5O3S/c1-22-9-10-24(17-30(22)41-16-6-14-39-4)32(38)34-20-26-18-29-25(19-33-26)11-12-28(36(29)3)27-7-5-8-31(35-27)37-13-15-40-23(2)21-37/h5,7-12,17-19,23,29H,6,13-16,20-21H2,1-4H3,(H,34,38). The van der Waals surface area contributed by atoms with Gasteiger partial charge >= 0.3 is 0 Å². The summed E-state index contributed by atoms with van der Waals surface area (Å²) in [5, 5.41) is 3.06. The highest BCUT2D eigenvalue weighted by atomic mass is 32.2. The Hall–Kier alpha value is -3.40. The van der Waals surface area contributed by atoms with Gasteiger partial charge in [0.05, 0.1) is 42.4 Å². The van der Waals surface area contributed by atoms with Crippen LogP contribution in [0.3, 0.4) is 0 Å². The molecule has 2 aromatic rings. The van der Waals surface area contributed by atoms with Crippen molar-refractivity contribution in [3.8, 4) is 0 Å². The largest absolute Gasteiger partial charge is 0.385 e. The second-order valence-electron chi connectivity index (χ2n) is 10.6. The van der Waals surface area contributed by atoms with Crippen molar-refractivity contribution in [2.75, 3.05) is 57.7 Å². The summed E-state index contributed by atoms with van der Waals surface area (Å²) in [6, 6.07) is 12.1. The fraction of sp³-hybridized carbons (Fsp3) is 0.406. The molecule has 1 N–H and O–H groups in total. The molecule has 1 aromatic carbocycles. The molecule has 1 saturated heterocycles. The highest BCUT2D eigenvalue weighted by Crippen LogP contribution is 2.31. The molecular formula is C32H39N5O3S. The van der Waals surface area contributed by atoms with E-state index in [0.29, 0.717) is 18.7 Å². The molecule has 0 saturated carbocycles. The summed E-state index contributed by atoms with van der Waals surface area (Å²) >= 11 is 1.76. The maximum atomic E-state index is 13.0. The summed E-state index contributed by atoms with van der Waals surface area (Å²) in [5.74, 6) is 1.82. The fourth-order valence-corrected chi connectivity index (χ4v) is 6.16. The Morgan fingerprint density at radius 2 is 2.12 bits per heavy atom. The van der Waals surface area contributed by atoms with Crippen LogP contribution in [-0.2, 0) is 9.47 Å². The van der Waals surface area contributed by atoms with E-state index in [1.807, 2.05) is 24.4 Å². The minimum absolute atomic E-state index is 0.0164. The molecule has 4 heterocycles. The molecule has 1 aromatic heterocycles. The third-order valence-corrected chi connectivity index (χ3v) is 8.74. The number of aliphatic imine (C=N–C) groups is 1. The van der Waals surface area contributed by atoms with Gasteiger partial charge in [0.2, 0.25) is 0 Å². The topological polar surface area (TPSA) is 79.3 Å². The van der Waals surface area contributed by atoms with Gasteiger partial charge in [-0.3, -0.25) is 9.79 Å². The Morgan fingerprint density at radius 1 is 1.24 bits per heavy atom. The van der Waals surface area contributed by atoms with Crippen LogP contribution in [0.2, 0.25) is 0 Å². The molecular weight excluding hydrogens is 534 g/mol. The van der Waals surface area contributed by atoms with E-state index in [2.05, 4.69) is 77.4 Å². The average Bonchev–Trinajstić information content (AvgIpc) is 2.99. The van der Waals surface area contributed by atoms with Crippen LogP contribution in [0.4, 0.5) is 5.82 Å². The molecule has 2 unspecified atom stereocenters. The van der Waals surface area contributed by atoms with Gasteiger partial charge in [-0.1, -0.05) is 18.2 Å². The number of allylic oxidation sites excluding steroid dienone is 2. The number of anilines is 1. The van der Waals surface area contributed by atoms with Crippen LogP contribution >= 0.6 is 11.8 Å². The molecule has 0 radical (unpaired) electrons. The molecule has 0 bridgehead atoms. The van der Waals surface area contributed by atoms with Gasteiger partial charge in [0, 0.05) is 56.3 Å². The highest BCUT2D eigenvalue weighted by molar-refractivity contribution is 7.99. The zero-order chi connectivity index (χ0) is 28.8. The lowest BCUT2D eigenvalue weighted by Crippen LogP contribution is -2.41. The van der Waals surface area contributed by atoms with Crippen LogP contribution in [0.1, 0.15) is 35.0 Å². The number of hydrogen-bond donors (Lipinski definition) is 1. The summed E-state index contributed by atoms with van der Waals surface area (Å²) in [6.07, 6.45) is 9.41. The number of pyridine rings is 1. The lowest BCUT2D eigenvalue weighted by atomic mass is 9.97. The number of hydrogen-bond acceptors (Lipinski definition) is 8. The van der Waals surface area contributed by atoms with Crippen LogP contribution in [-0.4, -0.2) is 86.9 Å². The van der Waals surface area contributed by atoms with Gasteiger partial charge in [-0.25, -0.2) is 4.98 Å². The van der Waals surface area contributed by atoms with Crippen molar-refractivity contribution in [3.05, 3.63) is 82.7 Å². The maximum Gasteiger partial charge on any atom is 0.251 e. The first-order valence-electron chi connectivity index (χ1n) is 14.2. The van der Waals surface area contributed by atoms with Crippen molar-refractivity contribution in [2.24, 2.45) is 4.99 Å². The summed E-state index contributed by atoms with van der Waals surface area (Å²) < 4.78 is 10.9. The van der Waals surface area contributed by atoms with Crippen LogP contribution in [0.25, 0.3) is 5.70 Å². The molecule has 8 nitrogen and oxygen atoms in total. The summed E-state index contributed by atoms with van der Waals surface area (Å²) in [7, 11) is 3.80. The monoisotopic (exact) mass is 573 g/mol. The summed E-state index contributed by atoms with van der Waals surface area (Å²) in [6.45, 7) is 7.66. The third-order valence-electron chi connectivity index (χ3n) is 7.49. The van der Waals surface area contributed by atoms with E-state index in [-0.39, 0.29) is 18.1 Å². The number of benzene rings is 1. The Morgan fingerprint density at radius 3 is 2.95 bits per heavy atom. The third kappa shape index (κ3) is 7.09. The van der Waals surface area contributed by atoms with E-state index in [0.717, 1.165) is 65.2 Å². The normalized spacial score (nSPS) is 20.2. The maximum absolute atomic E-state index is 13.0.